The van der Waals surface area contributed by atoms with Crippen molar-refractivity contribution in [1.82, 2.24) is 19.8 Å². The number of rotatable bonds is 3. The molecular formula is C17H22N4OS2. The minimum atomic E-state index is 0.0962. The molecule has 0 aromatic carbocycles. The van der Waals surface area contributed by atoms with Gasteiger partial charge in [-0.05, 0) is 33.1 Å². The van der Waals surface area contributed by atoms with E-state index in [4.69, 9.17) is 0 Å². The first-order valence-electron chi connectivity index (χ1n) is 8.43. The molecule has 2 fully saturated rings. The van der Waals surface area contributed by atoms with Crippen LogP contribution in [0.25, 0.3) is 0 Å². The molecule has 0 saturated carbocycles. The summed E-state index contributed by atoms with van der Waals surface area (Å²) in [6, 6.07) is 0. The molecule has 24 heavy (non-hydrogen) atoms. The van der Waals surface area contributed by atoms with Crippen molar-refractivity contribution >= 4 is 28.6 Å². The molecule has 2 aliphatic rings. The highest BCUT2D eigenvalue weighted by molar-refractivity contribution is 7.11. The van der Waals surface area contributed by atoms with E-state index < -0.39 is 0 Å². The van der Waals surface area contributed by atoms with E-state index in [0.717, 1.165) is 42.6 Å². The maximum atomic E-state index is 12.8. The Morgan fingerprint density at radius 3 is 2.79 bits per heavy atom. The molecular weight excluding hydrogens is 340 g/mol. The smallest absolute Gasteiger partial charge is 0.273 e. The van der Waals surface area contributed by atoms with Crippen LogP contribution in [0.2, 0.25) is 0 Å². The molecule has 0 radical (unpaired) electrons. The number of carbonyl (C=O) groups is 1. The van der Waals surface area contributed by atoms with Crippen LogP contribution in [-0.4, -0.2) is 50.8 Å². The summed E-state index contributed by atoms with van der Waals surface area (Å²) in [7, 11) is 0. The van der Waals surface area contributed by atoms with Crippen molar-refractivity contribution < 1.29 is 4.79 Å². The molecule has 4 heterocycles. The van der Waals surface area contributed by atoms with Gasteiger partial charge in [0.25, 0.3) is 5.91 Å². The van der Waals surface area contributed by atoms with Crippen LogP contribution < -0.4 is 0 Å². The molecule has 4 rings (SSSR count). The molecule has 0 aliphatic carbocycles. The fraction of sp³-hybridized carbons (Fsp3) is 0.588. The van der Waals surface area contributed by atoms with Gasteiger partial charge in [0.2, 0.25) is 0 Å². The Morgan fingerprint density at radius 1 is 1.29 bits per heavy atom. The Labute approximate surface area is 150 Å². The standard InChI is InChI=1S/C17H22N4OS2/c1-12-18-8-14(24-12)9-21-7-5-17(21)4-3-6-20(11-17)16(22)15-10-23-13(2)19-15/h8,10H,3-7,9,11H2,1-2H3/t17-/m0/s1. The zero-order chi connectivity index (χ0) is 16.7. The first kappa shape index (κ1) is 16.2. The normalized spacial score (nSPS) is 24.3. The van der Waals surface area contributed by atoms with Gasteiger partial charge < -0.3 is 4.90 Å². The highest BCUT2D eigenvalue weighted by atomic mass is 32.1. The van der Waals surface area contributed by atoms with Crippen LogP contribution in [-0.2, 0) is 6.54 Å². The first-order chi connectivity index (χ1) is 11.6. The number of hydrogen-bond donors (Lipinski definition) is 0. The third-order valence-corrected chi connectivity index (χ3v) is 6.89. The Hall–Kier alpha value is -1.31. The molecule has 1 atom stereocenters. The summed E-state index contributed by atoms with van der Waals surface area (Å²) >= 11 is 3.32. The van der Waals surface area contributed by atoms with Gasteiger partial charge in [0, 0.05) is 48.2 Å². The maximum Gasteiger partial charge on any atom is 0.273 e. The molecule has 7 heteroatoms. The predicted octanol–water partition coefficient (Wildman–Crippen LogP) is 3.10. The SMILES string of the molecule is Cc1nc(C(=O)N2CCC[C@]3(CCN3Cc3cnc(C)s3)C2)cs1. The van der Waals surface area contributed by atoms with Crippen molar-refractivity contribution in [2.24, 2.45) is 0 Å². The number of aryl methyl sites for hydroxylation is 2. The van der Waals surface area contributed by atoms with Gasteiger partial charge in [-0.1, -0.05) is 0 Å². The van der Waals surface area contributed by atoms with Crippen LogP contribution >= 0.6 is 22.7 Å². The van der Waals surface area contributed by atoms with Crippen LogP contribution in [0.5, 0.6) is 0 Å². The lowest BCUT2D eigenvalue weighted by Crippen LogP contribution is -2.66. The fourth-order valence-electron chi connectivity index (χ4n) is 3.87. The second kappa shape index (κ2) is 6.20. The summed E-state index contributed by atoms with van der Waals surface area (Å²) in [5.74, 6) is 0.0962. The van der Waals surface area contributed by atoms with Crippen LogP contribution in [0.4, 0.5) is 0 Å². The van der Waals surface area contributed by atoms with Gasteiger partial charge in [0.05, 0.1) is 10.0 Å². The average Bonchev–Trinajstić information content (AvgIpc) is 3.19. The van der Waals surface area contributed by atoms with Gasteiger partial charge in [-0.3, -0.25) is 9.69 Å². The monoisotopic (exact) mass is 362 g/mol. The van der Waals surface area contributed by atoms with Crippen molar-refractivity contribution in [3.8, 4) is 0 Å². The van der Waals surface area contributed by atoms with Gasteiger partial charge in [-0.25, -0.2) is 9.97 Å². The molecule has 1 amide bonds. The van der Waals surface area contributed by atoms with E-state index >= 15 is 0 Å². The van der Waals surface area contributed by atoms with Crippen molar-refractivity contribution in [2.45, 2.75) is 45.2 Å². The number of thiazole rings is 2. The first-order valence-corrected chi connectivity index (χ1v) is 10.1. The van der Waals surface area contributed by atoms with Crippen LogP contribution in [0.3, 0.4) is 0 Å². The predicted molar refractivity (Wildman–Crippen MR) is 96.6 cm³/mol. The molecule has 0 unspecified atom stereocenters. The molecule has 2 aliphatic heterocycles. The highest BCUT2D eigenvalue weighted by Crippen LogP contribution is 2.40. The third-order valence-electron chi connectivity index (χ3n) is 5.21. The van der Waals surface area contributed by atoms with Crippen molar-refractivity contribution in [3.05, 3.63) is 32.2 Å². The average molecular weight is 363 g/mol. The summed E-state index contributed by atoms with van der Waals surface area (Å²) in [6.45, 7) is 7.77. The van der Waals surface area contributed by atoms with Crippen LogP contribution in [0.1, 0.15) is 44.6 Å². The van der Waals surface area contributed by atoms with Crippen molar-refractivity contribution in [3.63, 3.8) is 0 Å². The Balaban J connectivity index is 1.46. The minimum Gasteiger partial charge on any atom is -0.335 e. The summed E-state index contributed by atoms with van der Waals surface area (Å²) in [5, 5.41) is 3.97. The second-order valence-electron chi connectivity index (χ2n) is 6.82. The zero-order valence-corrected chi connectivity index (χ0v) is 15.8. The molecule has 2 aromatic rings. The van der Waals surface area contributed by atoms with Gasteiger partial charge in [0.1, 0.15) is 5.69 Å². The number of carbonyl (C=O) groups excluding carboxylic acids is 1. The van der Waals surface area contributed by atoms with E-state index in [1.165, 1.54) is 17.7 Å². The molecule has 128 valence electrons. The number of aromatic nitrogens is 2. The van der Waals surface area contributed by atoms with E-state index in [1.807, 2.05) is 23.4 Å². The van der Waals surface area contributed by atoms with Gasteiger partial charge in [0.15, 0.2) is 0 Å². The third kappa shape index (κ3) is 2.89. The van der Waals surface area contributed by atoms with E-state index in [9.17, 15) is 4.79 Å². The summed E-state index contributed by atoms with van der Waals surface area (Å²) in [4.78, 5) is 27.4. The van der Waals surface area contributed by atoms with Gasteiger partial charge in [-0.2, -0.15) is 0 Å². The molecule has 1 spiro atoms. The molecule has 2 aromatic heterocycles. The number of nitrogens with zero attached hydrogens (tertiary/aromatic N) is 4. The molecule has 2 saturated heterocycles. The molecule has 0 bridgehead atoms. The number of piperidine rings is 1. The summed E-state index contributed by atoms with van der Waals surface area (Å²) in [5.41, 5.74) is 0.773. The Kier molecular flexibility index (Phi) is 4.18. The van der Waals surface area contributed by atoms with Crippen molar-refractivity contribution in [2.75, 3.05) is 19.6 Å². The van der Waals surface area contributed by atoms with Gasteiger partial charge >= 0.3 is 0 Å². The van der Waals surface area contributed by atoms with Crippen LogP contribution in [0.15, 0.2) is 11.6 Å². The largest absolute Gasteiger partial charge is 0.335 e. The lowest BCUT2D eigenvalue weighted by atomic mass is 9.77. The summed E-state index contributed by atoms with van der Waals surface area (Å²) < 4.78 is 0. The lowest BCUT2D eigenvalue weighted by Gasteiger charge is -2.57. The van der Waals surface area contributed by atoms with Crippen molar-refractivity contribution in [1.29, 1.82) is 0 Å². The highest BCUT2D eigenvalue weighted by Gasteiger charge is 2.48. The van der Waals surface area contributed by atoms with E-state index in [1.54, 1.807) is 22.7 Å². The van der Waals surface area contributed by atoms with Crippen LogP contribution in [0, 0.1) is 13.8 Å². The van der Waals surface area contributed by atoms with E-state index in [2.05, 4.69) is 21.8 Å². The fourth-order valence-corrected chi connectivity index (χ4v) is 5.27. The summed E-state index contributed by atoms with van der Waals surface area (Å²) in [6.07, 6.45) is 5.44. The topological polar surface area (TPSA) is 49.3 Å². The van der Waals surface area contributed by atoms with E-state index in [0.29, 0.717) is 5.69 Å². The Bertz CT molecular complexity index is 755. The quantitative estimate of drug-likeness (QED) is 0.842. The molecule has 0 N–H and O–H groups in total. The minimum absolute atomic E-state index is 0.0962. The Morgan fingerprint density at radius 2 is 2.17 bits per heavy atom. The zero-order valence-electron chi connectivity index (χ0n) is 14.1. The number of hydrogen-bond acceptors (Lipinski definition) is 6. The van der Waals surface area contributed by atoms with E-state index in [-0.39, 0.29) is 11.4 Å². The second-order valence-corrected chi connectivity index (χ2v) is 9.21. The maximum absolute atomic E-state index is 12.8. The van der Waals surface area contributed by atoms with Gasteiger partial charge in [-0.15, -0.1) is 22.7 Å². The molecule has 5 nitrogen and oxygen atoms in total. The lowest BCUT2D eigenvalue weighted by molar-refractivity contribution is -0.0644. The number of amides is 1. The number of likely N-dealkylation sites (tertiary alicyclic amines) is 2.